The number of rotatable bonds is 4. The average molecular weight is 420 g/mol. The van der Waals surface area contributed by atoms with E-state index in [0.29, 0.717) is 17.7 Å². The molecule has 2 atom stereocenters. The maximum absolute atomic E-state index is 13.1. The number of halogens is 1. The molecule has 0 radical (unpaired) electrons. The molecule has 1 aliphatic heterocycles. The van der Waals surface area contributed by atoms with Crippen molar-refractivity contribution < 1.29 is 4.79 Å². The van der Waals surface area contributed by atoms with E-state index in [1.165, 1.54) is 54.4 Å². The summed E-state index contributed by atoms with van der Waals surface area (Å²) in [6.07, 6.45) is 10.6. The van der Waals surface area contributed by atoms with Crippen LogP contribution in [-0.4, -0.2) is 23.9 Å². The van der Waals surface area contributed by atoms with Crippen molar-refractivity contribution in [1.82, 2.24) is 4.90 Å². The molecule has 0 aromatic heterocycles. The second kappa shape index (κ2) is 8.59. The van der Waals surface area contributed by atoms with E-state index in [-0.39, 0.29) is 5.92 Å². The minimum Gasteiger partial charge on any atom is -0.338 e. The summed E-state index contributed by atoms with van der Waals surface area (Å²) >= 11 is 6.68. The Balaban J connectivity index is 1.21. The summed E-state index contributed by atoms with van der Waals surface area (Å²) in [7, 11) is 0. The third-order valence-electron chi connectivity index (χ3n) is 7.27. The van der Waals surface area contributed by atoms with Crippen molar-refractivity contribution in [1.29, 1.82) is 0 Å². The monoisotopic (exact) mass is 419 g/mol. The number of carbonyl (C=O) groups is 1. The van der Waals surface area contributed by atoms with E-state index in [1.54, 1.807) is 0 Å². The number of amides is 1. The van der Waals surface area contributed by atoms with E-state index in [4.69, 9.17) is 11.6 Å². The Morgan fingerprint density at radius 3 is 2.50 bits per heavy atom. The molecular weight excluding hydrogens is 390 g/mol. The SMILES string of the molecule is O=C(C1CC1c1ccc(C2CCCCC2)c(Cl)c1)N1CC=C(c2ccccc2)CC1. The molecule has 2 unspecified atom stereocenters. The molecule has 0 spiro atoms. The molecule has 2 nitrogen and oxygen atoms in total. The van der Waals surface area contributed by atoms with Crippen molar-refractivity contribution in [2.75, 3.05) is 13.1 Å². The molecule has 2 aliphatic carbocycles. The van der Waals surface area contributed by atoms with E-state index < -0.39 is 0 Å². The van der Waals surface area contributed by atoms with Gasteiger partial charge in [0.15, 0.2) is 0 Å². The molecule has 2 fully saturated rings. The van der Waals surface area contributed by atoms with E-state index in [2.05, 4.69) is 48.5 Å². The van der Waals surface area contributed by atoms with Gasteiger partial charge in [-0.25, -0.2) is 0 Å². The molecule has 156 valence electrons. The second-order valence-electron chi connectivity index (χ2n) is 9.19. The first-order valence-electron chi connectivity index (χ1n) is 11.5. The first-order valence-corrected chi connectivity index (χ1v) is 11.9. The summed E-state index contributed by atoms with van der Waals surface area (Å²) in [6, 6.07) is 17.1. The maximum Gasteiger partial charge on any atom is 0.226 e. The van der Waals surface area contributed by atoms with Gasteiger partial charge in [0.2, 0.25) is 5.91 Å². The van der Waals surface area contributed by atoms with Crippen molar-refractivity contribution in [2.24, 2.45) is 5.92 Å². The predicted molar refractivity (Wildman–Crippen MR) is 124 cm³/mol. The summed E-state index contributed by atoms with van der Waals surface area (Å²) < 4.78 is 0. The molecule has 5 rings (SSSR count). The zero-order chi connectivity index (χ0) is 20.5. The summed E-state index contributed by atoms with van der Waals surface area (Å²) in [5.74, 6) is 1.41. The van der Waals surface area contributed by atoms with Gasteiger partial charge in [-0.3, -0.25) is 4.79 Å². The van der Waals surface area contributed by atoms with Crippen LogP contribution in [0.4, 0.5) is 0 Å². The highest BCUT2D eigenvalue weighted by Crippen LogP contribution is 2.50. The third-order valence-corrected chi connectivity index (χ3v) is 7.60. The van der Waals surface area contributed by atoms with Gasteiger partial charge in [-0.1, -0.05) is 79.4 Å². The molecule has 2 aromatic rings. The molecule has 1 amide bonds. The van der Waals surface area contributed by atoms with Crippen LogP contribution < -0.4 is 0 Å². The zero-order valence-electron chi connectivity index (χ0n) is 17.5. The van der Waals surface area contributed by atoms with E-state index in [9.17, 15) is 4.79 Å². The number of hydrogen-bond acceptors (Lipinski definition) is 1. The lowest BCUT2D eigenvalue weighted by Crippen LogP contribution is -2.36. The van der Waals surface area contributed by atoms with Gasteiger partial charge in [0, 0.05) is 24.0 Å². The van der Waals surface area contributed by atoms with Gasteiger partial charge < -0.3 is 4.90 Å². The van der Waals surface area contributed by atoms with Gasteiger partial charge >= 0.3 is 0 Å². The topological polar surface area (TPSA) is 20.3 Å². The smallest absolute Gasteiger partial charge is 0.226 e. The minimum absolute atomic E-state index is 0.133. The lowest BCUT2D eigenvalue weighted by Gasteiger charge is -2.27. The lowest BCUT2D eigenvalue weighted by molar-refractivity contribution is -0.132. The van der Waals surface area contributed by atoms with Gasteiger partial charge in [-0.2, -0.15) is 0 Å². The standard InChI is InChI=1S/C27H30ClNO/c28-26-17-22(11-12-23(26)21-9-5-2-6-10-21)24-18-25(24)27(30)29-15-13-20(14-16-29)19-7-3-1-4-8-19/h1,3-4,7-8,11-13,17,21,24-25H,2,5-6,9-10,14-16,18H2. The van der Waals surface area contributed by atoms with Gasteiger partial charge in [0.05, 0.1) is 0 Å². The van der Waals surface area contributed by atoms with Crippen molar-refractivity contribution in [3.05, 3.63) is 76.3 Å². The first-order chi connectivity index (χ1) is 14.7. The van der Waals surface area contributed by atoms with Crippen LogP contribution >= 0.6 is 11.6 Å². The fourth-order valence-corrected chi connectivity index (χ4v) is 5.72. The summed E-state index contributed by atoms with van der Waals surface area (Å²) in [6.45, 7) is 1.55. The zero-order valence-corrected chi connectivity index (χ0v) is 18.3. The van der Waals surface area contributed by atoms with Crippen LogP contribution in [0, 0.1) is 5.92 Å². The second-order valence-corrected chi connectivity index (χ2v) is 9.60. The highest BCUT2D eigenvalue weighted by atomic mass is 35.5. The molecule has 30 heavy (non-hydrogen) atoms. The number of carbonyl (C=O) groups excluding carboxylic acids is 1. The van der Waals surface area contributed by atoms with Gasteiger partial charge in [-0.05, 0) is 65.8 Å². The molecule has 3 heteroatoms. The van der Waals surface area contributed by atoms with Crippen molar-refractivity contribution in [3.8, 4) is 0 Å². The Kier molecular flexibility index (Phi) is 5.69. The highest BCUT2D eigenvalue weighted by molar-refractivity contribution is 6.31. The molecule has 2 aromatic carbocycles. The van der Waals surface area contributed by atoms with Gasteiger partial charge in [0.1, 0.15) is 0 Å². The fraction of sp³-hybridized carbons (Fsp3) is 0.444. The van der Waals surface area contributed by atoms with Crippen LogP contribution in [0.3, 0.4) is 0 Å². The van der Waals surface area contributed by atoms with Crippen molar-refractivity contribution >= 4 is 23.1 Å². The third kappa shape index (κ3) is 4.07. The van der Waals surface area contributed by atoms with Gasteiger partial charge in [0.25, 0.3) is 0 Å². The van der Waals surface area contributed by atoms with E-state index in [1.807, 2.05) is 11.0 Å². The average Bonchev–Trinajstić information content (AvgIpc) is 3.61. The Morgan fingerprint density at radius 2 is 1.80 bits per heavy atom. The fourth-order valence-electron chi connectivity index (χ4n) is 5.37. The molecule has 0 bridgehead atoms. The number of nitrogens with zero attached hydrogens (tertiary/aromatic N) is 1. The van der Waals surface area contributed by atoms with E-state index in [0.717, 1.165) is 31.0 Å². The van der Waals surface area contributed by atoms with Crippen LogP contribution in [0.1, 0.15) is 73.5 Å². The Bertz CT molecular complexity index is 945. The molecule has 1 heterocycles. The Hall–Kier alpha value is -2.06. The van der Waals surface area contributed by atoms with Crippen LogP contribution in [0.15, 0.2) is 54.6 Å². The van der Waals surface area contributed by atoms with Crippen molar-refractivity contribution in [2.45, 2.75) is 56.8 Å². The summed E-state index contributed by atoms with van der Waals surface area (Å²) in [5.41, 5.74) is 5.20. The Labute approximate surface area is 184 Å². The Morgan fingerprint density at radius 1 is 1.00 bits per heavy atom. The normalized spacial score (nSPS) is 24.4. The quantitative estimate of drug-likeness (QED) is 0.533. The molecule has 3 aliphatic rings. The molecule has 2 saturated carbocycles. The molecule has 0 saturated heterocycles. The number of benzene rings is 2. The van der Waals surface area contributed by atoms with Crippen LogP contribution in [0.5, 0.6) is 0 Å². The van der Waals surface area contributed by atoms with Gasteiger partial charge in [-0.15, -0.1) is 0 Å². The van der Waals surface area contributed by atoms with Crippen molar-refractivity contribution in [3.63, 3.8) is 0 Å². The minimum atomic E-state index is 0.133. The molecule has 0 N–H and O–H groups in total. The first kappa shape index (κ1) is 19.9. The molecular formula is C27H30ClNO. The maximum atomic E-state index is 13.1. The van der Waals surface area contributed by atoms with Crippen LogP contribution in [-0.2, 0) is 4.79 Å². The number of hydrogen-bond donors (Lipinski definition) is 0. The largest absolute Gasteiger partial charge is 0.338 e. The van der Waals surface area contributed by atoms with Crippen LogP contribution in [0.2, 0.25) is 5.02 Å². The van der Waals surface area contributed by atoms with E-state index >= 15 is 0 Å². The lowest BCUT2D eigenvalue weighted by atomic mass is 9.83. The highest BCUT2D eigenvalue weighted by Gasteiger charge is 2.46. The van der Waals surface area contributed by atoms with Crippen LogP contribution in [0.25, 0.3) is 5.57 Å². The summed E-state index contributed by atoms with van der Waals surface area (Å²) in [4.78, 5) is 15.1. The predicted octanol–water partition coefficient (Wildman–Crippen LogP) is 6.81. The summed E-state index contributed by atoms with van der Waals surface area (Å²) in [5, 5.41) is 0.908.